The van der Waals surface area contributed by atoms with Gasteiger partial charge in [-0.15, -0.1) is 5.10 Å². The van der Waals surface area contributed by atoms with Gasteiger partial charge >= 0.3 is 0 Å². The quantitative estimate of drug-likeness (QED) is 0.105. The maximum Gasteiger partial charge on any atom is 0.264 e. The van der Waals surface area contributed by atoms with Gasteiger partial charge in [-0.1, -0.05) is 54.7 Å². The fourth-order valence-corrected chi connectivity index (χ4v) is 13.0. The molecule has 3 aliphatic rings. The summed E-state index contributed by atoms with van der Waals surface area (Å²) in [5, 5.41) is 61.7. The van der Waals surface area contributed by atoms with Crippen LogP contribution >= 0.6 is 0 Å². The summed E-state index contributed by atoms with van der Waals surface area (Å²) in [6.45, 7) is 7.41. The van der Waals surface area contributed by atoms with Crippen molar-refractivity contribution in [2.24, 2.45) is 5.92 Å². The van der Waals surface area contributed by atoms with Crippen LogP contribution in [0.15, 0.2) is 72.9 Å². The van der Waals surface area contributed by atoms with Crippen LogP contribution in [0.4, 0.5) is 11.4 Å². The van der Waals surface area contributed by atoms with Gasteiger partial charge in [-0.3, -0.25) is 14.3 Å². The zero-order valence-electron chi connectivity index (χ0n) is 33.1. The molecule has 0 bridgehead atoms. The zero-order chi connectivity index (χ0) is 41.5. The second-order valence-electron chi connectivity index (χ2n) is 15.8. The maximum absolute atomic E-state index is 15.2. The molecule has 3 aliphatic heterocycles. The molecule has 310 valence electrons. The van der Waals surface area contributed by atoms with Crippen LogP contribution in [-0.2, 0) is 44.2 Å². The molecule has 58 heavy (non-hydrogen) atoms. The number of methoxy groups -OCH3 is 2. The monoisotopic (exact) mass is 817 g/mol. The van der Waals surface area contributed by atoms with Crippen molar-refractivity contribution in [3.63, 3.8) is 0 Å². The molecule has 6 N–H and O–H groups in total. The van der Waals surface area contributed by atoms with Gasteiger partial charge in [0.1, 0.15) is 29.8 Å². The fraction of sp³-hybridized carbons (Fsp3) is 0.463. The van der Waals surface area contributed by atoms with Crippen molar-refractivity contribution in [1.29, 1.82) is 0 Å². The van der Waals surface area contributed by atoms with Gasteiger partial charge in [-0.2, -0.15) is 0 Å². The molecule has 0 radical (unpaired) electrons. The standard InChI is InChI=1S/C41H51N5O11Si/c1-23-37(58(4,5)29-13-10-27(54-2)11-14-29)32(16-18-45-22-26(17-19-47)43-44-45)57-41(23)30-20-28(55-3)12-15-31(30)46(40(41)53)21-24-6-8-25(9-7-24)42-38(51)36-34(49)33(48)35(50)39(52)56-36/h6-15,20,22-23,32-37,39,47-50,52H,16-19,21H2,1-5H3,(H,42,51)/t23-,32+,33+,34+,35-,36+,37-,39-,41+/m1/s1. The Kier molecular flexibility index (Phi) is 11.8. The van der Waals surface area contributed by atoms with Crippen molar-refractivity contribution in [2.75, 3.05) is 31.0 Å². The van der Waals surface area contributed by atoms with Gasteiger partial charge in [0, 0.05) is 42.9 Å². The summed E-state index contributed by atoms with van der Waals surface area (Å²) < 4.78 is 25.2. The van der Waals surface area contributed by atoms with Crippen molar-refractivity contribution < 1.29 is 54.1 Å². The Morgan fingerprint density at radius 2 is 1.64 bits per heavy atom. The van der Waals surface area contributed by atoms with Crippen LogP contribution in [0.2, 0.25) is 18.6 Å². The number of aliphatic hydroxyl groups excluding tert-OH is 5. The van der Waals surface area contributed by atoms with Crippen LogP contribution in [0.5, 0.6) is 11.5 Å². The van der Waals surface area contributed by atoms with Crippen LogP contribution in [0.3, 0.4) is 0 Å². The van der Waals surface area contributed by atoms with E-state index in [-0.39, 0.29) is 36.6 Å². The maximum atomic E-state index is 15.2. The minimum Gasteiger partial charge on any atom is -0.497 e. The Labute approximate surface area is 336 Å². The van der Waals surface area contributed by atoms with Crippen LogP contribution in [0.25, 0.3) is 0 Å². The highest BCUT2D eigenvalue weighted by atomic mass is 28.3. The van der Waals surface area contributed by atoms with E-state index in [0.717, 1.165) is 16.9 Å². The molecule has 2 amide bonds. The molecule has 1 aromatic heterocycles. The molecule has 1 spiro atoms. The summed E-state index contributed by atoms with van der Waals surface area (Å²) in [5.41, 5.74) is 1.86. The summed E-state index contributed by atoms with van der Waals surface area (Å²) in [6.07, 6.45) is -6.33. The van der Waals surface area contributed by atoms with E-state index < -0.39 is 50.3 Å². The van der Waals surface area contributed by atoms with Gasteiger partial charge in [0.05, 0.1) is 46.3 Å². The minimum atomic E-state index is -2.42. The Morgan fingerprint density at radius 3 is 2.31 bits per heavy atom. The van der Waals surface area contributed by atoms with E-state index in [0.29, 0.717) is 42.2 Å². The highest BCUT2D eigenvalue weighted by Gasteiger charge is 2.66. The third-order valence-electron chi connectivity index (χ3n) is 12.0. The minimum absolute atomic E-state index is 0.0238. The third-order valence-corrected chi connectivity index (χ3v) is 16.4. The van der Waals surface area contributed by atoms with Crippen LogP contribution in [0.1, 0.15) is 30.2 Å². The lowest BCUT2D eigenvalue weighted by Crippen LogP contribution is -2.60. The summed E-state index contributed by atoms with van der Waals surface area (Å²) in [7, 11) is 0.805. The van der Waals surface area contributed by atoms with E-state index in [4.69, 9.17) is 18.9 Å². The Morgan fingerprint density at radius 1 is 0.948 bits per heavy atom. The lowest BCUT2D eigenvalue weighted by Gasteiger charge is -2.37. The summed E-state index contributed by atoms with van der Waals surface area (Å²) in [4.78, 5) is 29.9. The average Bonchev–Trinajstić information content (AvgIpc) is 3.87. The number of anilines is 2. The Hall–Kier alpha value is -4.72. The van der Waals surface area contributed by atoms with Gasteiger partial charge in [0.2, 0.25) is 0 Å². The van der Waals surface area contributed by atoms with Gasteiger partial charge in [0.15, 0.2) is 18.0 Å². The number of aromatic nitrogens is 3. The molecule has 3 aromatic carbocycles. The predicted octanol–water partition coefficient (Wildman–Crippen LogP) is 1.42. The molecule has 4 aromatic rings. The van der Waals surface area contributed by atoms with Crippen molar-refractivity contribution in [3.05, 3.63) is 89.7 Å². The van der Waals surface area contributed by atoms with E-state index in [9.17, 15) is 30.3 Å². The molecule has 17 heteroatoms. The van der Waals surface area contributed by atoms with Crippen molar-refractivity contribution >= 4 is 36.4 Å². The number of ether oxygens (including phenoxy) is 4. The molecule has 7 rings (SSSR count). The molecule has 0 unspecified atom stereocenters. The fourth-order valence-electron chi connectivity index (χ4n) is 8.95. The van der Waals surface area contributed by atoms with Gasteiger partial charge in [-0.25, -0.2) is 0 Å². The number of hydrogen-bond acceptors (Lipinski definition) is 13. The highest BCUT2D eigenvalue weighted by molar-refractivity contribution is 6.91. The van der Waals surface area contributed by atoms with Crippen LogP contribution in [-0.4, -0.2) is 118 Å². The molecule has 2 saturated heterocycles. The molecular weight excluding hydrogens is 767 g/mol. The molecule has 4 heterocycles. The second-order valence-corrected chi connectivity index (χ2v) is 20.5. The topological polar surface area (TPSA) is 218 Å². The van der Waals surface area contributed by atoms with E-state index in [1.54, 1.807) is 48.1 Å². The largest absolute Gasteiger partial charge is 0.497 e. The van der Waals surface area contributed by atoms with Gasteiger partial charge < -0.3 is 54.7 Å². The first kappa shape index (κ1) is 41.4. The first-order chi connectivity index (χ1) is 27.7. The van der Waals surface area contributed by atoms with E-state index in [1.807, 2.05) is 36.5 Å². The molecule has 16 nitrogen and oxygen atoms in total. The smallest absolute Gasteiger partial charge is 0.264 e. The summed E-state index contributed by atoms with van der Waals surface area (Å²) in [6, 6.07) is 20.6. The van der Waals surface area contributed by atoms with Gasteiger partial charge in [-0.05, 0) is 60.0 Å². The number of fused-ring (bicyclic) bond motifs is 2. The number of nitrogens with zero attached hydrogens (tertiary/aromatic N) is 4. The second kappa shape index (κ2) is 16.5. The molecule has 2 fully saturated rings. The number of aliphatic hydroxyl groups is 5. The van der Waals surface area contributed by atoms with E-state index in [1.165, 1.54) is 5.19 Å². The number of benzene rings is 3. The molecule has 0 saturated carbocycles. The molecule has 9 atom stereocenters. The Bertz CT molecular complexity index is 2100. The summed E-state index contributed by atoms with van der Waals surface area (Å²) in [5.74, 6) is 0.0743. The zero-order valence-corrected chi connectivity index (χ0v) is 34.1. The first-order valence-corrected chi connectivity index (χ1v) is 22.4. The lowest BCUT2D eigenvalue weighted by atomic mass is 9.82. The number of aryl methyl sites for hydroxylation is 1. The van der Waals surface area contributed by atoms with Crippen molar-refractivity contribution in [1.82, 2.24) is 15.0 Å². The number of amides is 2. The van der Waals surface area contributed by atoms with Crippen molar-refractivity contribution in [3.8, 4) is 11.5 Å². The normalized spacial score (nSPS) is 28.2. The predicted molar refractivity (Wildman–Crippen MR) is 213 cm³/mol. The molecule has 0 aliphatic carbocycles. The van der Waals surface area contributed by atoms with E-state index in [2.05, 4.69) is 47.8 Å². The summed E-state index contributed by atoms with van der Waals surface area (Å²) >= 11 is 0. The highest BCUT2D eigenvalue weighted by Crippen LogP contribution is 2.60. The average molecular weight is 818 g/mol. The number of rotatable bonds is 13. The van der Waals surface area contributed by atoms with Crippen LogP contribution < -0.4 is 24.9 Å². The van der Waals surface area contributed by atoms with Crippen molar-refractivity contribution in [2.45, 2.75) is 93.9 Å². The number of carbonyl (C=O) groups is 2. The number of hydrogen-bond donors (Lipinski definition) is 6. The SMILES string of the molecule is COc1ccc([Si](C)(C)[C@H]2[C@H](CCn3cc(CCO)nn3)O[C@@]3(C(=O)N(Cc4ccc(NC(=O)[C@H]5O[C@@H](O)[C@H](O)[C@@H](O)[C@@H]5O)cc4)c4ccc(OC)cc43)[C@@H]2C)cc1. The lowest BCUT2D eigenvalue weighted by molar-refractivity contribution is -0.274. The Balaban J connectivity index is 1.18. The number of carbonyl (C=O) groups excluding carboxylic acids is 2. The van der Waals surface area contributed by atoms with Crippen LogP contribution in [0, 0.1) is 5.92 Å². The number of nitrogens with one attached hydrogen (secondary N) is 1. The first-order valence-electron chi connectivity index (χ1n) is 19.3. The van der Waals surface area contributed by atoms with E-state index >= 15 is 4.79 Å². The van der Waals surface area contributed by atoms with Gasteiger partial charge in [0.25, 0.3) is 11.8 Å². The molecular formula is C41H51N5O11Si. The third kappa shape index (κ3) is 7.41.